The molecule has 108 valence electrons. The molecule has 0 aromatic rings. The van der Waals surface area contributed by atoms with E-state index in [-0.39, 0.29) is 0 Å². The van der Waals surface area contributed by atoms with Crippen molar-refractivity contribution in [2.75, 3.05) is 0 Å². The highest BCUT2D eigenvalue weighted by Crippen LogP contribution is 2.36. The average Bonchev–Trinajstić information content (AvgIpc) is 2.25. The van der Waals surface area contributed by atoms with Gasteiger partial charge in [0, 0.05) is 0 Å². The number of hydrogen-bond donors (Lipinski definition) is 0. The molecule has 0 aliphatic carbocycles. The summed E-state index contributed by atoms with van der Waals surface area (Å²) in [5.74, 6) is 0. The molecule has 0 aromatic carbocycles. The van der Waals surface area contributed by atoms with Gasteiger partial charge in [-0.1, -0.05) is 65.9 Å². The third-order valence-electron chi connectivity index (χ3n) is 3.99. The van der Waals surface area contributed by atoms with Crippen molar-refractivity contribution in [2.24, 2.45) is 0 Å². The second-order valence-corrected chi connectivity index (χ2v) is 11.6. The van der Waals surface area contributed by atoms with E-state index in [2.05, 4.69) is 46.9 Å². The highest BCUT2D eigenvalue weighted by molar-refractivity contribution is 6.74. The van der Waals surface area contributed by atoms with Crippen LogP contribution >= 0.6 is 0 Å². The normalized spacial score (nSPS) is 13.2. The Labute approximate surface area is 116 Å². The molecule has 0 heterocycles. The van der Waals surface area contributed by atoms with Gasteiger partial charge in [0.2, 0.25) is 8.32 Å². The maximum absolute atomic E-state index is 6.00. The van der Waals surface area contributed by atoms with Crippen LogP contribution in [0.1, 0.15) is 72.6 Å². The smallest absolute Gasteiger partial charge is 0.249 e. The highest BCUT2D eigenvalue weighted by Gasteiger charge is 2.37. The van der Waals surface area contributed by atoms with Crippen molar-refractivity contribution in [1.82, 2.24) is 0 Å². The lowest BCUT2D eigenvalue weighted by molar-refractivity contribution is 0.428. The molecule has 0 rings (SSSR count). The van der Waals surface area contributed by atoms with Gasteiger partial charge in [-0.25, -0.2) is 0 Å². The van der Waals surface area contributed by atoms with Crippen molar-refractivity contribution in [3.8, 4) is 0 Å². The maximum Gasteiger partial charge on any atom is 0.249 e. The molecular formula is C16H34OSi. The largest absolute Gasteiger partial charge is 0.549 e. The van der Waals surface area contributed by atoms with Crippen LogP contribution in [0.2, 0.25) is 18.1 Å². The first-order valence-electron chi connectivity index (χ1n) is 7.64. The zero-order valence-electron chi connectivity index (χ0n) is 13.5. The summed E-state index contributed by atoms with van der Waals surface area (Å²) in [4.78, 5) is 0. The first kappa shape index (κ1) is 17.8. The van der Waals surface area contributed by atoms with Gasteiger partial charge < -0.3 is 4.43 Å². The fourth-order valence-electron chi connectivity index (χ4n) is 1.51. The van der Waals surface area contributed by atoms with Crippen LogP contribution in [0, 0.1) is 0 Å². The molecule has 1 nitrogen and oxygen atoms in total. The number of rotatable bonds is 9. The van der Waals surface area contributed by atoms with Crippen molar-refractivity contribution in [1.29, 1.82) is 0 Å². The maximum atomic E-state index is 6.00. The van der Waals surface area contributed by atoms with E-state index in [0.29, 0.717) is 5.04 Å². The minimum Gasteiger partial charge on any atom is -0.549 e. The van der Waals surface area contributed by atoms with Gasteiger partial charge in [0.25, 0.3) is 0 Å². The summed E-state index contributed by atoms with van der Waals surface area (Å²) in [6.07, 6.45) is 13.5. The van der Waals surface area contributed by atoms with Crippen molar-refractivity contribution < 1.29 is 4.43 Å². The summed E-state index contributed by atoms with van der Waals surface area (Å²) in [5, 5.41) is 0.303. The van der Waals surface area contributed by atoms with Crippen LogP contribution in [-0.2, 0) is 4.43 Å². The molecule has 0 aromatic heterocycles. The second kappa shape index (κ2) is 8.79. The first-order valence-corrected chi connectivity index (χ1v) is 10.5. The van der Waals surface area contributed by atoms with E-state index in [1.54, 1.807) is 0 Å². The van der Waals surface area contributed by atoms with Gasteiger partial charge in [-0.05, 0) is 31.0 Å². The van der Waals surface area contributed by atoms with Crippen molar-refractivity contribution in [3.63, 3.8) is 0 Å². The van der Waals surface area contributed by atoms with E-state index in [0.717, 1.165) is 0 Å². The molecule has 18 heavy (non-hydrogen) atoms. The Bertz CT molecular complexity index is 226. The summed E-state index contributed by atoms with van der Waals surface area (Å²) >= 11 is 0. The van der Waals surface area contributed by atoms with E-state index < -0.39 is 8.32 Å². The third-order valence-corrected chi connectivity index (χ3v) is 8.33. The first-order chi connectivity index (χ1) is 8.31. The molecule has 0 unspecified atom stereocenters. The quantitative estimate of drug-likeness (QED) is 0.272. The lowest BCUT2D eigenvalue weighted by Gasteiger charge is -2.34. The van der Waals surface area contributed by atoms with Crippen LogP contribution in [0.25, 0.3) is 0 Å². The van der Waals surface area contributed by atoms with Crippen molar-refractivity contribution in [2.45, 2.75) is 90.8 Å². The minimum absolute atomic E-state index is 0.303. The van der Waals surface area contributed by atoms with Gasteiger partial charge in [-0.2, -0.15) is 0 Å². The average molecular weight is 271 g/mol. The Morgan fingerprint density at radius 3 is 2.06 bits per heavy atom. The summed E-state index contributed by atoms with van der Waals surface area (Å²) in [6.45, 7) is 13.7. The van der Waals surface area contributed by atoms with E-state index in [4.69, 9.17) is 4.43 Å². The molecule has 0 atom stereocenters. The number of unbranched alkanes of at least 4 members (excludes halogenated alkanes) is 6. The van der Waals surface area contributed by atoms with Gasteiger partial charge in [0.1, 0.15) is 0 Å². The molecule has 0 bridgehead atoms. The predicted molar refractivity (Wildman–Crippen MR) is 85.4 cm³/mol. The minimum atomic E-state index is -1.58. The molecule has 2 heteroatoms. The fourth-order valence-corrected chi connectivity index (χ4v) is 2.30. The molecule has 0 fully saturated rings. The van der Waals surface area contributed by atoms with Crippen LogP contribution in [0.3, 0.4) is 0 Å². The van der Waals surface area contributed by atoms with Crippen LogP contribution in [-0.4, -0.2) is 8.32 Å². The topological polar surface area (TPSA) is 9.23 Å². The molecular weight excluding hydrogens is 236 g/mol. The van der Waals surface area contributed by atoms with Crippen LogP contribution in [0.15, 0.2) is 12.3 Å². The summed E-state index contributed by atoms with van der Waals surface area (Å²) < 4.78 is 6.00. The Balaban J connectivity index is 3.60. The van der Waals surface area contributed by atoms with E-state index >= 15 is 0 Å². The van der Waals surface area contributed by atoms with Crippen LogP contribution in [0.4, 0.5) is 0 Å². The molecule has 0 aliphatic rings. The number of hydrogen-bond acceptors (Lipinski definition) is 1. The summed E-state index contributed by atoms with van der Waals surface area (Å²) in [5.41, 5.74) is 0. The molecule has 0 saturated carbocycles. The van der Waals surface area contributed by atoms with Crippen molar-refractivity contribution in [3.05, 3.63) is 12.3 Å². The highest BCUT2D eigenvalue weighted by atomic mass is 28.4. The third kappa shape index (κ3) is 7.96. The Morgan fingerprint density at radius 1 is 0.944 bits per heavy atom. The van der Waals surface area contributed by atoms with Crippen LogP contribution in [0.5, 0.6) is 0 Å². The molecule has 0 N–H and O–H groups in total. The Hall–Kier alpha value is -0.243. The van der Waals surface area contributed by atoms with Gasteiger partial charge in [-0.15, -0.1) is 0 Å². The summed E-state index contributed by atoms with van der Waals surface area (Å²) in [7, 11) is -1.58. The summed E-state index contributed by atoms with van der Waals surface area (Å²) in [6, 6.07) is 0. The van der Waals surface area contributed by atoms with Gasteiger partial charge >= 0.3 is 0 Å². The molecule has 0 saturated heterocycles. The fraction of sp³-hybridized carbons (Fsp3) is 0.875. The van der Waals surface area contributed by atoms with E-state index in [9.17, 15) is 0 Å². The SMILES string of the molecule is CCCCCCCC/C=C\O[Si](C)(C)C(C)(C)C. The van der Waals surface area contributed by atoms with E-state index in [1.165, 1.54) is 44.9 Å². The number of allylic oxidation sites excluding steroid dienone is 1. The zero-order valence-corrected chi connectivity index (χ0v) is 14.5. The van der Waals surface area contributed by atoms with Crippen LogP contribution < -0.4 is 0 Å². The second-order valence-electron chi connectivity index (χ2n) is 6.81. The lowest BCUT2D eigenvalue weighted by atomic mass is 10.1. The van der Waals surface area contributed by atoms with Gasteiger partial charge in [0.05, 0.1) is 6.26 Å². The van der Waals surface area contributed by atoms with Crippen molar-refractivity contribution >= 4 is 8.32 Å². The van der Waals surface area contributed by atoms with Gasteiger partial charge in [-0.3, -0.25) is 0 Å². The molecule has 0 spiro atoms. The molecule has 0 radical (unpaired) electrons. The zero-order chi connectivity index (χ0) is 14.1. The Kier molecular flexibility index (Phi) is 8.67. The predicted octanol–water partition coefficient (Wildman–Crippen LogP) is 6.27. The monoisotopic (exact) mass is 270 g/mol. The lowest BCUT2D eigenvalue weighted by Crippen LogP contribution is -2.39. The molecule has 0 aliphatic heterocycles. The Morgan fingerprint density at radius 2 is 1.50 bits per heavy atom. The molecule has 0 amide bonds. The van der Waals surface area contributed by atoms with Gasteiger partial charge in [0.15, 0.2) is 0 Å². The standard InChI is InChI=1S/C16H34OSi/c1-7-8-9-10-11-12-13-14-15-17-18(5,6)16(2,3)4/h14-15H,7-13H2,1-6H3/b15-14-. The van der Waals surface area contributed by atoms with E-state index in [1.807, 2.05) is 6.26 Å².